The third-order valence-corrected chi connectivity index (χ3v) is 3.22. The Morgan fingerprint density at radius 1 is 1.10 bits per heavy atom. The number of benzene rings is 1. The predicted molar refractivity (Wildman–Crippen MR) is 77.6 cm³/mol. The molecule has 1 aliphatic heterocycles. The van der Waals surface area contributed by atoms with Crippen LogP contribution in [0.5, 0.6) is 0 Å². The molecule has 0 radical (unpaired) electrons. The summed E-state index contributed by atoms with van der Waals surface area (Å²) in [6, 6.07) is 7.00. The number of aliphatic carboxylic acids is 1. The van der Waals surface area contributed by atoms with Crippen molar-refractivity contribution in [2.24, 2.45) is 0 Å². The Bertz CT molecular complexity index is 502. The molecule has 0 aliphatic carbocycles. The molecule has 2 rings (SSSR count). The van der Waals surface area contributed by atoms with Gasteiger partial charge in [-0.15, -0.1) is 0 Å². The van der Waals surface area contributed by atoms with Crippen molar-refractivity contribution in [1.82, 2.24) is 4.90 Å². The molecule has 1 aromatic rings. The fourth-order valence-corrected chi connectivity index (χ4v) is 2.14. The molecule has 1 fully saturated rings. The zero-order chi connectivity index (χ0) is 14.4. The second-order valence-corrected chi connectivity index (χ2v) is 4.77. The lowest BCUT2D eigenvalue weighted by Crippen LogP contribution is -2.38. The zero-order valence-electron chi connectivity index (χ0n) is 11.2. The van der Waals surface area contributed by atoms with Crippen LogP contribution >= 0.6 is 0 Å². The van der Waals surface area contributed by atoms with Gasteiger partial charge in [0, 0.05) is 24.9 Å². The van der Waals surface area contributed by atoms with Crippen LogP contribution in [0.4, 0.5) is 10.5 Å². The Hall–Kier alpha value is -2.30. The topological polar surface area (TPSA) is 69.6 Å². The summed E-state index contributed by atoms with van der Waals surface area (Å²) in [6.45, 7) is 1.62. The van der Waals surface area contributed by atoms with Crippen LogP contribution in [-0.2, 0) is 4.79 Å². The van der Waals surface area contributed by atoms with Gasteiger partial charge in [-0.3, -0.25) is 0 Å². The van der Waals surface area contributed by atoms with E-state index in [-0.39, 0.29) is 6.03 Å². The number of carboxylic acids is 1. The minimum atomic E-state index is -0.979. The average Bonchev–Trinajstić information content (AvgIpc) is 2.47. The number of likely N-dealkylation sites (tertiary alicyclic amines) is 1. The van der Waals surface area contributed by atoms with Gasteiger partial charge in [-0.2, -0.15) is 0 Å². The highest BCUT2D eigenvalue weighted by Gasteiger charge is 2.15. The lowest BCUT2D eigenvalue weighted by atomic mass is 10.1. The van der Waals surface area contributed by atoms with Gasteiger partial charge < -0.3 is 15.3 Å². The van der Waals surface area contributed by atoms with E-state index >= 15 is 0 Å². The molecule has 0 spiro atoms. The Balaban J connectivity index is 1.92. The SMILES string of the molecule is O=C(O)/C=C/c1ccc(NC(=O)N2CCCCC2)cc1. The van der Waals surface area contributed by atoms with Crippen LogP contribution in [0.15, 0.2) is 30.3 Å². The first kappa shape index (κ1) is 14.1. The quantitative estimate of drug-likeness (QED) is 0.833. The molecule has 1 aliphatic rings. The largest absolute Gasteiger partial charge is 0.478 e. The number of hydrogen-bond donors (Lipinski definition) is 2. The number of urea groups is 1. The normalized spacial score (nSPS) is 15.3. The maximum absolute atomic E-state index is 12.0. The van der Waals surface area contributed by atoms with Crippen LogP contribution in [0.1, 0.15) is 24.8 Å². The molecule has 1 saturated heterocycles. The molecule has 2 N–H and O–H groups in total. The van der Waals surface area contributed by atoms with Gasteiger partial charge in [0.1, 0.15) is 0 Å². The van der Waals surface area contributed by atoms with E-state index in [0.29, 0.717) is 5.69 Å². The lowest BCUT2D eigenvalue weighted by molar-refractivity contribution is -0.131. The predicted octanol–water partition coefficient (Wildman–Crippen LogP) is 2.80. The fraction of sp³-hybridized carbons (Fsp3) is 0.333. The third kappa shape index (κ3) is 4.12. The number of anilines is 1. The summed E-state index contributed by atoms with van der Waals surface area (Å²) >= 11 is 0. The first-order chi connectivity index (χ1) is 9.65. The fourth-order valence-electron chi connectivity index (χ4n) is 2.14. The molecular formula is C15H18N2O3. The Morgan fingerprint density at radius 3 is 2.35 bits per heavy atom. The molecule has 1 heterocycles. The smallest absolute Gasteiger partial charge is 0.328 e. The lowest BCUT2D eigenvalue weighted by Gasteiger charge is -2.26. The van der Waals surface area contributed by atoms with Crippen LogP contribution in [-0.4, -0.2) is 35.1 Å². The molecular weight excluding hydrogens is 256 g/mol. The van der Waals surface area contributed by atoms with Crippen LogP contribution in [0.2, 0.25) is 0 Å². The Kier molecular flexibility index (Phi) is 4.76. The van der Waals surface area contributed by atoms with E-state index in [1.54, 1.807) is 24.3 Å². The average molecular weight is 274 g/mol. The molecule has 5 heteroatoms. The number of amides is 2. The molecule has 0 aromatic heterocycles. The molecule has 20 heavy (non-hydrogen) atoms. The molecule has 5 nitrogen and oxygen atoms in total. The Morgan fingerprint density at radius 2 is 1.75 bits per heavy atom. The molecule has 2 amide bonds. The summed E-state index contributed by atoms with van der Waals surface area (Å²) in [5.41, 5.74) is 1.50. The van der Waals surface area contributed by atoms with Crippen molar-refractivity contribution in [3.63, 3.8) is 0 Å². The summed E-state index contributed by atoms with van der Waals surface area (Å²) in [4.78, 5) is 24.2. The van der Waals surface area contributed by atoms with Crippen molar-refractivity contribution >= 4 is 23.8 Å². The minimum Gasteiger partial charge on any atom is -0.478 e. The molecule has 0 saturated carbocycles. The Labute approximate surface area is 117 Å². The van der Waals surface area contributed by atoms with Gasteiger partial charge in [-0.25, -0.2) is 9.59 Å². The third-order valence-electron chi connectivity index (χ3n) is 3.22. The van der Waals surface area contributed by atoms with E-state index < -0.39 is 5.97 Å². The summed E-state index contributed by atoms with van der Waals surface area (Å²) < 4.78 is 0. The van der Waals surface area contributed by atoms with Crippen molar-refractivity contribution < 1.29 is 14.7 Å². The number of carbonyl (C=O) groups is 2. The first-order valence-electron chi connectivity index (χ1n) is 6.72. The number of nitrogens with zero attached hydrogens (tertiary/aromatic N) is 1. The second kappa shape index (κ2) is 6.75. The molecule has 0 atom stereocenters. The van der Waals surface area contributed by atoms with Gasteiger partial charge in [0.2, 0.25) is 0 Å². The maximum Gasteiger partial charge on any atom is 0.328 e. The second-order valence-electron chi connectivity index (χ2n) is 4.77. The van der Waals surface area contributed by atoms with E-state index in [4.69, 9.17) is 5.11 Å². The van der Waals surface area contributed by atoms with Crippen LogP contribution in [0, 0.1) is 0 Å². The number of nitrogens with one attached hydrogen (secondary N) is 1. The highest BCUT2D eigenvalue weighted by atomic mass is 16.4. The molecule has 106 valence electrons. The van der Waals surface area contributed by atoms with Crippen molar-refractivity contribution in [2.45, 2.75) is 19.3 Å². The highest BCUT2D eigenvalue weighted by Crippen LogP contribution is 2.14. The van der Waals surface area contributed by atoms with Gasteiger partial charge in [0.15, 0.2) is 0 Å². The molecule has 0 unspecified atom stereocenters. The van der Waals surface area contributed by atoms with Crippen LogP contribution < -0.4 is 5.32 Å². The number of piperidine rings is 1. The summed E-state index contributed by atoms with van der Waals surface area (Å²) in [5, 5.41) is 11.4. The minimum absolute atomic E-state index is 0.0708. The van der Waals surface area contributed by atoms with Gasteiger partial charge in [0.05, 0.1) is 0 Å². The van der Waals surface area contributed by atoms with E-state index in [9.17, 15) is 9.59 Å². The molecule has 0 bridgehead atoms. The summed E-state index contributed by atoms with van der Waals surface area (Å²) in [6.07, 6.45) is 5.91. The van der Waals surface area contributed by atoms with Crippen molar-refractivity contribution in [1.29, 1.82) is 0 Å². The van der Waals surface area contributed by atoms with Crippen LogP contribution in [0.3, 0.4) is 0 Å². The monoisotopic (exact) mass is 274 g/mol. The number of carbonyl (C=O) groups excluding carboxylic acids is 1. The van der Waals surface area contributed by atoms with Crippen molar-refractivity contribution in [3.05, 3.63) is 35.9 Å². The summed E-state index contributed by atoms with van der Waals surface area (Å²) in [5.74, 6) is -0.979. The standard InChI is InChI=1S/C15H18N2O3/c18-14(19)9-6-12-4-7-13(8-5-12)16-15(20)17-10-2-1-3-11-17/h4-9H,1-3,10-11H2,(H,16,20)(H,18,19)/b9-6+. The van der Waals surface area contributed by atoms with Gasteiger partial charge in [-0.1, -0.05) is 12.1 Å². The van der Waals surface area contributed by atoms with E-state index in [1.807, 2.05) is 4.90 Å². The number of carboxylic acid groups (broad SMARTS) is 1. The first-order valence-corrected chi connectivity index (χ1v) is 6.72. The van der Waals surface area contributed by atoms with Gasteiger partial charge in [-0.05, 0) is 43.0 Å². The number of hydrogen-bond acceptors (Lipinski definition) is 2. The van der Waals surface area contributed by atoms with E-state index in [2.05, 4.69) is 5.32 Å². The van der Waals surface area contributed by atoms with E-state index in [0.717, 1.165) is 37.6 Å². The summed E-state index contributed by atoms with van der Waals surface area (Å²) in [7, 11) is 0. The maximum atomic E-state index is 12.0. The highest BCUT2D eigenvalue weighted by molar-refractivity contribution is 5.89. The van der Waals surface area contributed by atoms with Crippen LogP contribution in [0.25, 0.3) is 6.08 Å². The van der Waals surface area contributed by atoms with Crippen molar-refractivity contribution in [3.8, 4) is 0 Å². The number of rotatable bonds is 3. The van der Waals surface area contributed by atoms with Gasteiger partial charge >= 0.3 is 12.0 Å². The van der Waals surface area contributed by atoms with Crippen molar-refractivity contribution in [2.75, 3.05) is 18.4 Å². The van der Waals surface area contributed by atoms with E-state index in [1.165, 1.54) is 12.5 Å². The zero-order valence-corrected chi connectivity index (χ0v) is 11.2. The van der Waals surface area contributed by atoms with Gasteiger partial charge in [0.25, 0.3) is 0 Å². The molecule has 1 aromatic carbocycles.